The lowest BCUT2D eigenvalue weighted by molar-refractivity contribution is 1.70. The Morgan fingerprint density at radius 3 is 1.24 bits per heavy atom. The van der Waals surface area contributed by atoms with Crippen LogP contribution in [0.2, 0.25) is 0 Å². The second-order valence-electron chi connectivity index (χ2n) is 9.72. The molecule has 0 saturated heterocycles. The van der Waals surface area contributed by atoms with Crippen molar-refractivity contribution in [1.82, 2.24) is 0 Å². The average Bonchev–Trinajstić information content (AvgIpc) is 3.74. The van der Waals surface area contributed by atoms with Crippen LogP contribution in [-0.2, 0) is 0 Å². The van der Waals surface area contributed by atoms with Crippen LogP contribution in [0.1, 0.15) is 0 Å². The van der Waals surface area contributed by atoms with Crippen molar-refractivity contribution in [3.8, 4) is 20.9 Å². The lowest BCUT2D eigenvalue weighted by Crippen LogP contribution is -1.69. The van der Waals surface area contributed by atoms with Crippen LogP contribution >= 0.6 is 45.3 Å². The Morgan fingerprint density at radius 2 is 0.789 bits per heavy atom. The summed E-state index contributed by atoms with van der Waals surface area (Å²) in [5, 5.41) is 8.21. The first-order valence-corrected chi connectivity index (χ1v) is 15.9. The van der Waals surface area contributed by atoms with Gasteiger partial charge >= 0.3 is 0 Å². The quantitative estimate of drug-likeness (QED) is 0.199. The zero-order chi connectivity index (χ0) is 24.8. The largest absolute Gasteiger partial charge is 0.134 e. The first-order valence-electron chi connectivity index (χ1n) is 12.6. The van der Waals surface area contributed by atoms with E-state index in [4.69, 9.17) is 0 Å². The highest BCUT2D eigenvalue weighted by Gasteiger charge is 2.16. The molecule has 0 saturated carbocycles. The van der Waals surface area contributed by atoms with Gasteiger partial charge in [0, 0.05) is 40.7 Å². The van der Waals surface area contributed by atoms with E-state index >= 15 is 0 Å². The zero-order valence-electron chi connectivity index (χ0n) is 20.0. The summed E-state index contributed by atoms with van der Waals surface area (Å²) in [6.45, 7) is 0. The number of fused-ring (bicyclic) bond motifs is 10. The molecular formula is C34H18S4. The Hall–Kier alpha value is -3.54. The Labute approximate surface area is 234 Å². The van der Waals surface area contributed by atoms with Gasteiger partial charge in [0.2, 0.25) is 0 Å². The Morgan fingerprint density at radius 1 is 0.342 bits per heavy atom. The van der Waals surface area contributed by atoms with Crippen molar-refractivity contribution in [2.45, 2.75) is 0 Å². The molecule has 0 spiro atoms. The maximum atomic E-state index is 2.45. The molecule has 5 aromatic carbocycles. The van der Waals surface area contributed by atoms with Gasteiger partial charge in [-0.2, -0.15) is 0 Å². The normalized spacial score (nSPS) is 12.2. The smallest absolute Gasteiger partial charge is 0.0533 e. The number of hydrogen-bond donors (Lipinski definition) is 0. The average molecular weight is 555 g/mol. The summed E-state index contributed by atoms with van der Waals surface area (Å²) in [4.78, 5) is 2.68. The maximum Gasteiger partial charge on any atom is 0.0533 e. The molecule has 178 valence electrons. The van der Waals surface area contributed by atoms with E-state index in [1.54, 1.807) is 0 Å². The standard InChI is InChI=1S/C34H18S4/c1-3-7-19(8-4-1)27-15-21-11-13-23-25-17-30-26(18-29(25)37-33(23)31(21)35-27)24-14-12-22-16-28(20-9-5-2-6-10-20)36-32(22)34(24)38-30/h1-18H. The van der Waals surface area contributed by atoms with E-state index in [0.717, 1.165) is 0 Å². The van der Waals surface area contributed by atoms with Crippen LogP contribution in [0.3, 0.4) is 0 Å². The summed E-state index contributed by atoms with van der Waals surface area (Å²) in [5.74, 6) is 0. The van der Waals surface area contributed by atoms with Gasteiger partial charge in [0.05, 0.1) is 18.8 Å². The molecule has 0 amide bonds. The number of benzene rings is 5. The van der Waals surface area contributed by atoms with Crippen LogP contribution < -0.4 is 0 Å². The molecule has 0 fully saturated rings. The molecule has 4 heteroatoms. The van der Waals surface area contributed by atoms with Gasteiger partial charge in [-0.15, -0.1) is 45.3 Å². The molecule has 38 heavy (non-hydrogen) atoms. The number of hydrogen-bond acceptors (Lipinski definition) is 4. The number of thiophene rings is 4. The predicted octanol–water partition coefficient (Wildman–Crippen LogP) is 12.2. The molecule has 9 rings (SSSR count). The first kappa shape index (κ1) is 21.4. The summed E-state index contributed by atoms with van der Waals surface area (Å²) < 4.78 is 8.41. The van der Waals surface area contributed by atoms with Crippen molar-refractivity contribution in [1.29, 1.82) is 0 Å². The first-order chi connectivity index (χ1) is 18.8. The summed E-state index contributed by atoms with van der Waals surface area (Å²) in [6.07, 6.45) is 0. The third kappa shape index (κ3) is 3.06. The van der Waals surface area contributed by atoms with Gasteiger partial charge in [-0.3, -0.25) is 0 Å². The predicted molar refractivity (Wildman–Crippen MR) is 174 cm³/mol. The Bertz CT molecular complexity index is 2160. The van der Waals surface area contributed by atoms with Crippen LogP contribution in [0.4, 0.5) is 0 Å². The van der Waals surface area contributed by atoms with Gasteiger partial charge in [0.15, 0.2) is 0 Å². The molecular weight excluding hydrogens is 537 g/mol. The van der Waals surface area contributed by atoms with E-state index in [2.05, 4.69) is 109 Å². The minimum absolute atomic E-state index is 1.30. The van der Waals surface area contributed by atoms with Crippen LogP contribution in [0, 0.1) is 0 Å². The molecule has 0 aliphatic heterocycles. The fourth-order valence-corrected chi connectivity index (χ4v) is 10.7. The summed E-state index contributed by atoms with van der Waals surface area (Å²) >= 11 is 7.74. The fraction of sp³-hybridized carbons (Fsp3) is 0. The Kier molecular flexibility index (Phi) is 4.49. The Balaban J connectivity index is 1.27. The van der Waals surface area contributed by atoms with Crippen molar-refractivity contribution in [2.75, 3.05) is 0 Å². The number of rotatable bonds is 2. The van der Waals surface area contributed by atoms with Gasteiger partial charge in [-0.25, -0.2) is 0 Å². The van der Waals surface area contributed by atoms with Crippen molar-refractivity contribution < 1.29 is 0 Å². The molecule has 0 aliphatic rings. The van der Waals surface area contributed by atoms with Gasteiger partial charge in [0.25, 0.3) is 0 Å². The second kappa shape index (κ2) is 7.98. The van der Waals surface area contributed by atoms with Crippen LogP contribution in [0.5, 0.6) is 0 Å². The van der Waals surface area contributed by atoms with E-state index in [1.165, 1.54) is 81.4 Å². The molecule has 0 bridgehead atoms. The molecule has 0 atom stereocenters. The summed E-state index contributed by atoms with van der Waals surface area (Å²) in [5.41, 5.74) is 2.59. The lowest BCUT2D eigenvalue weighted by atomic mass is 10.1. The van der Waals surface area contributed by atoms with Crippen molar-refractivity contribution in [2.24, 2.45) is 0 Å². The lowest BCUT2D eigenvalue weighted by Gasteiger charge is -1.95. The third-order valence-electron chi connectivity index (χ3n) is 7.49. The minimum Gasteiger partial charge on any atom is -0.134 e. The molecule has 0 nitrogen and oxygen atoms in total. The van der Waals surface area contributed by atoms with E-state index in [0.29, 0.717) is 0 Å². The van der Waals surface area contributed by atoms with Crippen LogP contribution in [-0.4, -0.2) is 0 Å². The van der Waals surface area contributed by atoms with E-state index in [1.807, 2.05) is 45.3 Å². The van der Waals surface area contributed by atoms with Crippen molar-refractivity contribution in [3.05, 3.63) is 109 Å². The van der Waals surface area contributed by atoms with Crippen molar-refractivity contribution in [3.63, 3.8) is 0 Å². The monoisotopic (exact) mass is 554 g/mol. The van der Waals surface area contributed by atoms with Gasteiger partial charge < -0.3 is 0 Å². The highest BCUT2D eigenvalue weighted by molar-refractivity contribution is 7.33. The van der Waals surface area contributed by atoms with Gasteiger partial charge in [-0.1, -0.05) is 84.9 Å². The highest BCUT2D eigenvalue weighted by atomic mass is 32.1. The molecule has 0 N–H and O–H groups in total. The fourth-order valence-electron chi connectivity index (χ4n) is 5.64. The zero-order valence-corrected chi connectivity index (χ0v) is 23.3. The van der Waals surface area contributed by atoms with Crippen LogP contribution in [0.15, 0.2) is 109 Å². The molecule has 0 aliphatic carbocycles. The summed E-state index contributed by atoms with van der Waals surface area (Å²) in [7, 11) is 0. The minimum atomic E-state index is 1.30. The molecule has 0 unspecified atom stereocenters. The van der Waals surface area contributed by atoms with Gasteiger partial charge in [-0.05, 0) is 46.2 Å². The molecule has 9 aromatic rings. The topological polar surface area (TPSA) is 0 Å². The molecule has 4 heterocycles. The van der Waals surface area contributed by atoms with E-state index < -0.39 is 0 Å². The summed E-state index contributed by atoms with van der Waals surface area (Å²) in [6, 6.07) is 40.4. The third-order valence-corrected chi connectivity index (χ3v) is 12.6. The molecule has 4 aromatic heterocycles. The molecule has 0 radical (unpaired) electrons. The SMILES string of the molecule is c1ccc(-c2cc3ccc4c5cc6sc7c(ccc8cc(-c9ccccc9)sc87)c6cc5sc4c3s2)cc1. The second-order valence-corrected chi connectivity index (χ2v) is 13.9. The highest BCUT2D eigenvalue weighted by Crippen LogP contribution is 2.48. The van der Waals surface area contributed by atoms with Crippen LogP contribution in [0.25, 0.3) is 81.4 Å². The van der Waals surface area contributed by atoms with E-state index in [-0.39, 0.29) is 0 Å². The maximum absolute atomic E-state index is 2.45. The van der Waals surface area contributed by atoms with Crippen molar-refractivity contribution >= 4 is 106 Å². The van der Waals surface area contributed by atoms with Gasteiger partial charge in [0.1, 0.15) is 0 Å². The van der Waals surface area contributed by atoms with E-state index in [9.17, 15) is 0 Å².